The summed E-state index contributed by atoms with van der Waals surface area (Å²) in [5.74, 6) is -0.291. The Morgan fingerprint density at radius 3 is 2.79 bits per heavy atom. The third-order valence-corrected chi connectivity index (χ3v) is 2.30. The van der Waals surface area contributed by atoms with Crippen molar-refractivity contribution in [1.29, 1.82) is 0 Å². The lowest BCUT2D eigenvalue weighted by atomic mass is 10.1. The smallest absolute Gasteiger partial charge is 0.256 e. The molecule has 0 radical (unpaired) electrons. The summed E-state index contributed by atoms with van der Waals surface area (Å²) in [5, 5.41) is 9.69. The SMILES string of the molecule is O=CCN1C(=O)c2ccccc2C1O. The van der Waals surface area contributed by atoms with Gasteiger partial charge in [-0.1, -0.05) is 18.2 Å². The maximum atomic E-state index is 11.6. The zero-order valence-electron chi connectivity index (χ0n) is 7.38. The van der Waals surface area contributed by atoms with Gasteiger partial charge < -0.3 is 14.8 Å². The lowest BCUT2D eigenvalue weighted by Crippen LogP contribution is -2.29. The molecular weight excluding hydrogens is 182 g/mol. The van der Waals surface area contributed by atoms with Crippen LogP contribution < -0.4 is 0 Å². The molecule has 1 amide bonds. The second kappa shape index (κ2) is 3.23. The number of amides is 1. The maximum absolute atomic E-state index is 11.6. The van der Waals surface area contributed by atoms with Gasteiger partial charge in [0, 0.05) is 11.1 Å². The number of nitrogens with zero attached hydrogens (tertiary/aromatic N) is 1. The van der Waals surface area contributed by atoms with Gasteiger partial charge in [0.25, 0.3) is 5.91 Å². The highest BCUT2D eigenvalue weighted by Crippen LogP contribution is 2.30. The van der Waals surface area contributed by atoms with Crippen LogP contribution in [0.1, 0.15) is 22.1 Å². The van der Waals surface area contributed by atoms with E-state index in [0.29, 0.717) is 17.4 Å². The molecule has 1 atom stereocenters. The van der Waals surface area contributed by atoms with Crippen molar-refractivity contribution in [2.24, 2.45) is 0 Å². The van der Waals surface area contributed by atoms with Gasteiger partial charge in [-0.05, 0) is 6.07 Å². The number of aliphatic hydroxyl groups is 1. The van der Waals surface area contributed by atoms with Crippen LogP contribution in [-0.4, -0.2) is 28.7 Å². The Kier molecular flexibility index (Phi) is 2.05. The Hall–Kier alpha value is -1.68. The fraction of sp³-hybridized carbons (Fsp3) is 0.200. The number of carbonyl (C=O) groups is 2. The van der Waals surface area contributed by atoms with Gasteiger partial charge in [0.1, 0.15) is 6.29 Å². The van der Waals surface area contributed by atoms with E-state index in [4.69, 9.17) is 0 Å². The van der Waals surface area contributed by atoms with E-state index in [9.17, 15) is 14.7 Å². The van der Waals surface area contributed by atoms with Gasteiger partial charge in [0.2, 0.25) is 0 Å². The Morgan fingerprint density at radius 1 is 1.43 bits per heavy atom. The Bertz CT molecular complexity index is 389. The van der Waals surface area contributed by atoms with Gasteiger partial charge in [-0.3, -0.25) is 4.79 Å². The number of aliphatic hydroxyl groups excluding tert-OH is 1. The second-order valence-corrected chi connectivity index (χ2v) is 3.09. The van der Waals surface area contributed by atoms with Crippen molar-refractivity contribution in [3.05, 3.63) is 35.4 Å². The molecule has 14 heavy (non-hydrogen) atoms. The predicted octanol–water partition coefficient (Wildman–Crippen LogP) is 0.332. The first-order valence-corrected chi connectivity index (χ1v) is 4.27. The molecule has 4 heteroatoms. The van der Waals surface area contributed by atoms with Gasteiger partial charge in [0.05, 0.1) is 6.54 Å². The molecule has 1 aromatic rings. The minimum absolute atomic E-state index is 0.0747. The lowest BCUT2D eigenvalue weighted by Gasteiger charge is -2.17. The fourth-order valence-corrected chi connectivity index (χ4v) is 1.61. The summed E-state index contributed by atoms with van der Waals surface area (Å²) in [5.41, 5.74) is 1.04. The van der Waals surface area contributed by atoms with E-state index in [-0.39, 0.29) is 12.5 Å². The van der Waals surface area contributed by atoms with Gasteiger partial charge in [-0.25, -0.2) is 0 Å². The summed E-state index contributed by atoms with van der Waals surface area (Å²) >= 11 is 0. The molecule has 1 unspecified atom stereocenters. The van der Waals surface area contributed by atoms with Crippen molar-refractivity contribution in [3.63, 3.8) is 0 Å². The molecule has 1 aliphatic rings. The zero-order valence-corrected chi connectivity index (χ0v) is 7.38. The summed E-state index contributed by atoms with van der Waals surface area (Å²) in [6, 6.07) is 6.81. The van der Waals surface area contributed by atoms with E-state index in [0.717, 1.165) is 4.90 Å². The number of aldehydes is 1. The van der Waals surface area contributed by atoms with Crippen molar-refractivity contribution < 1.29 is 14.7 Å². The third-order valence-electron chi connectivity index (χ3n) is 2.30. The fourth-order valence-electron chi connectivity index (χ4n) is 1.61. The lowest BCUT2D eigenvalue weighted by molar-refractivity contribution is -0.110. The van der Waals surface area contributed by atoms with E-state index in [1.165, 1.54) is 0 Å². The Labute approximate surface area is 80.8 Å². The first-order valence-electron chi connectivity index (χ1n) is 4.27. The van der Waals surface area contributed by atoms with Gasteiger partial charge >= 0.3 is 0 Å². The van der Waals surface area contributed by atoms with Crippen molar-refractivity contribution >= 4 is 12.2 Å². The molecule has 0 aliphatic carbocycles. The molecule has 2 rings (SSSR count). The summed E-state index contributed by atoms with van der Waals surface area (Å²) in [4.78, 5) is 23.0. The Balaban J connectivity index is 2.42. The monoisotopic (exact) mass is 191 g/mol. The molecule has 1 heterocycles. The standard InChI is InChI=1S/C10H9NO3/c12-6-5-11-9(13)7-3-1-2-4-8(7)10(11)14/h1-4,6,9,13H,5H2. The molecule has 0 spiro atoms. The van der Waals surface area contributed by atoms with Crippen molar-refractivity contribution in [3.8, 4) is 0 Å². The van der Waals surface area contributed by atoms with E-state index >= 15 is 0 Å². The van der Waals surface area contributed by atoms with Gasteiger partial charge in [-0.15, -0.1) is 0 Å². The van der Waals surface area contributed by atoms with Crippen molar-refractivity contribution in [1.82, 2.24) is 4.90 Å². The molecule has 4 nitrogen and oxygen atoms in total. The van der Waals surface area contributed by atoms with Crippen LogP contribution in [0, 0.1) is 0 Å². The van der Waals surface area contributed by atoms with Crippen LogP contribution in [0.25, 0.3) is 0 Å². The number of hydrogen-bond donors (Lipinski definition) is 1. The highest BCUT2D eigenvalue weighted by Gasteiger charge is 2.34. The number of rotatable bonds is 2. The van der Waals surface area contributed by atoms with Gasteiger partial charge in [-0.2, -0.15) is 0 Å². The predicted molar refractivity (Wildman–Crippen MR) is 48.5 cm³/mol. The quantitative estimate of drug-likeness (QED) is 0.685. The Morgan fingerprint density at radius 2 is 2.14 bits per heavy atom. The highest BCUT2D eigenvalue weighted by molar-refractivity contribution is 5.99. The van der Waals surface area contributed by atoms with Crippen LogP contribution in [0.2, 0.25) is 0 Å². The van der Waals surface area contributed by atoms with E-state index < -0.39 is 6.23 Å². The van der Waals surface area contributed by atoms with Crippen LogP contribution >= 0.6 is 0 Å². The first kappa shape index (κ1) is 8.90. The van der Waals surface area contributed by atoms with Crippen LogP contribution in [-0.2, 0) is 4.79 Å². The number of benzene rings is 1. The average Bonchev–Trinajstić information content (AvgIpc) is 2.45. The molecule has 1 aliphatic heterocycles. The number of carbonyl (C=O) groups excluding carboxylic acids is 2. The molecule has 1 N–H and O–H groups in total. The first-order chi connectivity index (χ1) is 6.75. The van der Waals surface area contributed by atoms with Crippen molar-refractivity contribution in [2.45, 2.75) is 6.23 Å². The zero-order chi connectivity index (χ0) is 10.1. The van der Waals surface area contributed by atoms with Crippen molar-refractivity contribution in [2.75, 3.05) is 6.54 Å². The van der Waals surface area contributed by atoms with Crippen LogP contribution in [0.15, 0.2) is 24.3 Å². The van der Waals surface area contributed by atoms with Crippen LogP contribution in [0.3, 0.4) is 0 Å². The molecular formula is C10H9NO3. The molecule has 0 aromatic heterocycles. The molecule has 72 valence electrons. The molecule has 0 saturated carbocycles. The largest absolute Gasteiger partial charge is 0.369 e. The molecule has 0 bridgehead atoms. The average molecular weight is 191 g/mol. The van der Waals surface area contributed by atoms with E-state index in [2.05, 4.69) is 0 Å². The number of fused-ring (bicyclic) bond motifs is 1. The summed E-state index contributed by atoms with van der Waals surface area (Å²) in [6.07, 6.45) is -0.378. The molecule has 0 saturated heterocycles. The molecule has 1 aromatic carbocycles. The normalized spacial score (nSPS) is 19.6. The minimum atomic E-state index is -0.983. The number of hydrogen-bond acceptors (Lipinski definition) is 3. The van der Waals surface area contributed by atoms with Gasteiger partial charge in [0.15, 0.2) is 6.23 Å². The topological polar surface area (TPSA) is 57.6 Å². The maximum Gasteiger partial charge on any atom is 0.256 e. The highest BCUT2D eigenvalue weighted by atomic mass is 16.3. The van der Waals surface area contributed by atoms with E-state index in [1.807, 2.05) is 0 Å². The second-order valence-electron chi connectivity index (χ2n) is 3.09. The third kappa shape index (κ3) is 1.12. The summed E-state index contributed by atoms with van der Waals surface area (Å²) in [7, 11) is 0. The summed E-state index contributed by atoms with van der Waals surface area (Å²) in [6.45, 7) is -0.0747. The molecule has 0 fully saturated rings. The van der Waals surface area contributed by atoms with Crippen LogP contribution in [0.5, 0.6) is 0 Å². The minimum Gasteiger partial charge on any atom is -0.369 e. The van der Waals surface area contributed by atoms with E-state index in [1.54, 1.807) is 24.3 Å². The van der Waals surface area contributed by atoms with Crippen LogP contribution in [0.4, 0.5) is 0 Å². The summed E-state index contributed by atoms with van der Waals surface area (Å²) < 4.78 is 0.